The first-order valence-corrected chi connectivity index (χ1v) is 13.0. The molecule has 1 aromatic carbocycles. The lowest BCUT2D eigenvalue weighted by molar-refractivity contribution is -0.156. The molecule has 36 heavy (non-hydrogen) atoms. The number of allylic oxidation sites excluding steroid dienone is 1. The molecule has 5 rings (SSSR count). The average Bonchev–Trinajstić information content (AvgIpc) is 3.28. The van der Waals surface area contributed by atoms with Crippen LogP contribution in [-0.4, -0.2) is 76.2 Å². The van der Waals surface area contributed by atoms with Crippen LogP contribution in [0.3, 0.4) is 0 Å². The third kappa shape index (κ3) is 4.06. The Balaban J connectivity index is 1.59. The summed E-state index contributed by atoms with van der Waals surface area (Å²) < 4.78 is 12.2. The first kappa shape index (κ1) is 24.7. The van der Waals surface area contributed by atoms with E-state index in [-0.39, 0.29) is 18.4 Å². The van der Waals surface area contributed by atoms with E-state index in [1.54, 1.807) is 4.90 Å². The molecule has 6 atom stereocenters. The van der Waals surface area contributed by atoms with E-state index in [4.69, 9.17) is 9.47 Å². The highest BCUT2D eigenvalue weighted by atomic mass is 16.6. The molecule has 1 aromatic rings. The fourth-order valence-electron chi connectivity index (χ4n) is 6.16. The lowest BCUT2D eigenvalue weighted by atomic mass is 9.78. The van der Waals surface area contributed by atoms with Crippen molar-refractivity contribution in [3.63, 3.8) is 0 Å². The van der Waals surface area contributed by atoms with Crippen molar-refractivity contribution < 1.29 is 29.0 Å². The van der Waals surface area contributed by atoms with E-state index >= 15 is 0 Å². The maximum atomic E-state index is 14.2. The van der Waals surface area contributed by atoms with Crippen molar-refractivity contribution in [2.75, 3.05) is 19.8 Å². The zero-order valence-electron chi connectivity index (χ0n) is 20.6. The Morgan fingerprint density at radius 3 is 2.67 bits per heavy atom. The lowest BCUT2D eigenvalue weighted by Gasteiger charge is -2.38. The van der Waals surface area contributed by atoms with Crippen LogP contribution in [-0.2, 0) is 30.4 Å². The molecule has 1 N–H and O–H groups in total. The zero-order valence-corrected chi connectivity index (χ0v) is 20.6. The summed E-state index contributed by atoms with van der Waals surface area (Å²) in [5.41, 5.74) is -0.334. The SMILES string of the molecule is CC[C@@H](CO)N1C(=O)[C@@H]2[C@@H]3C(=O)OCCCC/C=C\[C@@H]3O[C@@]23C=CCN(Cc2ccccc2)C(=O)C13. The van der Waals surface area contributed by atoms with Crippen LogP contribution in [0.15, 0.2) is 54.6 Å². The van der Waals surface area contributed by atoms with Crippen LogP contribution in [0, 0.1) is 11.8 Å². The normalized spacial score (nSPS) is 33.9. The largest absolute Gasteiger partial charge is 0.465 e. The number of hydrogen-bond donors (Lipinski definition) is 1. The van der Waals surface area contributed by atoms with E-state index in [0.717, 1.165) is 24.8 Å². The molecule has 8 heteroatoms. The van der Waals surface area contributed by atoms with E-state index < -0.39 is 41.6 Å². The van der Waals surface area contributed by atoms with Gasteiger partial charge in [-0.1, -0.05) is 61.6 Å². The highest BCUT2D eigenvalue weighted by molar-refractivity contribution is 5.99. The number of cyclic esters (lactones) is 1. The van der Waals surface area contributed by atoms with Crippen molar-refractivity contribution in [1.82, 2.24) is 9.80 Å². The Kier molecular flexibility index (Phi) is 6.99. The molecule has 4 heterocycles. The number of amides is 2. The van der Waals surface area contributed by atoms with Crippen LogP contribution in [0.1, 0.15) is 38.2 Å². The predicted molar refractivity (Wildman–Crippen MR) is 131 cm³/mol. The third-order valence-corrected chi connectivity index (χ3v) is 7.91. The number of esters is 1. The molecule has 0 aromatic heterocycles. The number of aliphatic hydroxyl groups excluding tert-OH is 1. The summed E-state index contributed by atoms with van der Waals surface area (Å²) in [6, 6.07) is 8.15. The van der Waals surface area contributed by atoms with Gasteiger partial charge in [0.05, 0.1) is 31.3 Å². The number of hydrogen-bond acceptors (Lipinski definition) is 6. The second-order valence-corrected chi connectivity index (χ2v) is 10.0. The summed E-state index contributed by atoms with van der Waals surface area (Å²) in [7, 11) is 0. The Bertz CT molecular complexity index is 1050. The first-order valence-electron chi connectivity index (χ1n) is 13.0. The topological polar surface area (TPSA) is 96.4 Å². The summed E-state index contributed by atoms with van der Waals surface area (Å²) in [5, 5.41) is 10.2. The van der Waals surface area contributed by atoms with Gasteiger partial charge in [-0.05, 0) is 31.2 Å². The van der Waals surface area contributed by atoms with Crippen molar-refractivity contribution in [2.45, 2.75) is 62.9 Å². The van der Waals surface area contributed by atoms with Gasteiger partial charge in [0.15, 0.2) is 0 Å². The first-order chi connectivity index (χ1) is 17.5. The van der Waals surface area contributed by atoms with Gasteiger partial charge in [-0.25, -0.2) is 0 Å². The van der Waals surface area contributed by atoms with Crippen LogP contribution in [0.5, 0.6) is 0 Å². The zero-order chi connectivity index (χ0) is 25.3. The number of fused-ring (bicyclic) bond motifs is 2. The number of ether oxygens (including phenoxy) is 2. The average molecular weight is 495 g/mol. The maximum Gasteiger partial charge on any atom is 0.312 e. The van der Waals surface area contributed by atoms with Crippen molar-refractivity contribution in [2.24, 2.45) is 11.8 Å². The van der Waals surface area contributed by atoms with E-state index in [1.807, 2.05) is 61.6 Å². The minimum Gasteiger partial charge on any atom is -0.465 e. The fourth-order valence-corrected chi connectivity index (χ4v) is 6.16. The molecule has 0 saturated carbocycles. The summed E-state index contributed by atoms with van der Waals surface area (Å²) in [6.45, 7) is 2.63. The molecule has 1 spiro atoms. The van der Waals surface area contributed by atoms with Crippen LogP contribution >= 0.6 is 0 Å². The molecule has 2 fully saturated rings. The second-order valence-electron chi connectivity index (χ2n) is 10.0. The number of rotatable bonds is 5. The Labute approximate surface area is 211 Å². The molecule has 2 amide bonds. The number of carbonyl (C=O) groups excluding carboxylic acids is 3. The number of aliphatic hydroxyl groups is 1. The van der Waals surface area contributed by atoms with Crippen molar-refractivity contribution in [1.29, 1.82) is 0 Å². The van der Waals surface area contributed by atoms with E-state index in [0.29, 0.717) is 26.1 Å². The molecule has 4 aliphatic rings. The molecular formula is C28H34N2O6. The number of benzene rings is 1. The Morgan fingerprint density at radius 1 is 1.11 bits per heavy atom. The van der Waals surface area contributed by atoms with Crippen molar-refractivity contribution >= 4 is 17.8 Å². The van der Waals surface area contributed by atoms with Gasteiger partial charge in [0.2, 0.25) is 11.8 Å². The van der Waals surface area contributed by atoms with Crippen LogP contribution in [0.4, 0.5) is 0 Å². The van der Waals surface area contributed by atoms with E-state index in [9.17, 15) is 19.5 Å². The number of nitrogens with zero attached hydrogens (tertiary/aromatic N) is 2. The third-order valence-electron chi connectivity index (χ3n) is 7.91. The van der Waals surface area contributed by atoms with Crippen LogP contribution < -0.4 is 0 Å². The molecule has 0 radical (unpaired) electrons. The van der Waals surface area contributed by atoms with E-state index in [2.05, 4.69) is 0 Å². The summed E-state index contributed by atoms with van der Waals surface area (Å²) in [6.07, 6.45) is 9.82. The number of carbonyl (C=O) groups is 3. The quantitative estimate of drug-likeness (QED) is 0.498. The maximum absolute atomic E-state index is 14.2. The molecule has 0 aliphatic carbocycles. The molecule has 8 nitrogen and oxygen atoms in total. The Hall–Kier alpha value is -2.97. The van der Waals surface area contributed by atoms with E-state index in [1.165, 1.54) is 4.90 Å². The Morgan fingerprint density at radius 2 is 1.92 bits per heavy atom. The summed E-state index contributed by atoms with van der Waals surface area (Å²) in [4.78, 5) is 44.8. The summed E-state index contributed by atoms with van der Waals surface area (Å²) >= 11 is 0. The summed E-state index contributed by atoms with van der Waals surface area (Å²) in [5.74, 6) is -2.80. The van der Waals surface area contributed by atoms with Gasteiger partial charge in [-0.3, -0.25) is 14.4 Å². The molecule has 1 unspecified atom stereocenters. The molecule has 4 aliphatic heterocycles. The molecule has 2 saturated heterocycles. The van der Waals surface area contributed by atoms with Gasteiger partial charge in [0, 0.05) is 13.1 Å². The van der Waals surface area contributed by atoms with Gasteiger partial charge in [0.25, 0.3) is 0 Å². The standard InChI is InChI=1S/C28H34N2O6/c1-2-20(18-31)30-24-26(33)29(17-19-11-6-5-7-12-19)15-10-14-28(24)23(25(30)32)22-21(36-28)13-8-3-4-9-16-35-27(22)34/h5-8,10-14,20-24,31H,2-4,9,15-18H2,1H3/b13-8-/t20-,21-,22+,23-,24?,28-/m0/s1. The van der Waals surface area contributed by atoms with Crippen LogP contribution in [0.2, 0.25) is 0 Å². The van der Waals surface area contributed by atoms with Gasteiger partial charge >= 0.3 is 5.97 Å². The minimum absolute atomic E-state index is 0.243. The highest BCUT2D eigenvalue weighted by Gasteiger charge is 2.72. The van der Waals surface area contributed by atoms with Gasteiger partial charge < -0.3 is 24.4 Å². The van der Waals surface area contributed by atoms with Gasteiger partial charge in [0.1, 0.15) is 17.6 Å². The van der Waals surface area contributed by atoms with Crippen molar-refractivity contribution in [3.05, 3.63) is 60.2 Å². The molecular weight excluding hydrogens is 460 g/mol. The highest BCUT2D eigenvalue weighted by Crippen LogP contribution is 2.53. The monoisotopic (exact) mass is 494 g/mol. The molecule has 0 bridgehead atoms. The van der Waals surface area contributed by atoms with Crippen LogP contribution in [0.25, 0.3) is 0 Å². The fraction of sp³-hybridized carbons (Fsp3) is 0.536. The molecule has 192 valence electrons. The van der Waals surface area contributed by atoms with Gasteiger partial charge in [-0.15, -0.1) is 0 Å². The number of likely N-dealkylation sites (tertiary alicyclic amines) is 1. The van der Waals surface area contributed by atoms with Gasteiger partial charge in [-0.2, -0.15) is 0 Å². The smallest absolute Gasteiger partial charge is 0.312 e. The minimum atomic E-state index is -1.31. The lowest BCUT2D eigenvalue weighted by Crippen LogP contribution is -2.57. The van der Waals surface area contributed by atoms with Crippen molar-refractivity contribution in [3.8, 4) is 0 Å². The second kappa shape index (κ2) is 10.2. The predicted octanol–water partition coefficient (Wildman–Crippen LogP) is 2.22.